The molecular formula is C14H22O3. The van der Waals surface area contributed by atoms with E-state index < -0.39 is 6.10 Å². The van der Waals surface area contributed by atoms with Gasteiger partial charge in [-0.25, -0.2) is 0 Å². The van der Waals surface area contributed by atoms with Crippen LogP contribution in [-0.4, -0.2) is 31.0 Å². The van der Waals surface area contributed by atoms with E-state index in [0.29, 0.717) is 13.2 Å². The Morgan fingerprint density at radius 1 is 1.12 bits per heavy atom. The summed E-state index contributed by atoms with van der Waals surface area (Å²) in [6, 6.07) is 8.01. The standard InChI is InChI=1S/C14H22O3/c1-3-5-12-6-8-14(9-7-12)17-11-13(15)10-16-4-2/h6-9,13,15H,3-5,10-11H2,1-2H3. The number of benzene rings is 1. The summed E-state index contributed by atoms with van der Waals surface area (Å²) in [5.74, 6) is 0.792. The smallest absolute Gasteiger partial charge is 0.119 e. The lowest BCUT2D eigenvalue weighted by Gasteiger charge is -2.12. The predicted octanol–water partition coefficient (Wildman–Crippen LogP) is 2.42. The molecule has 0 fully saturated rings. The summed E-state index contributed by atoms with van der Waals surface area (Å²) in [5.41, 5.74) is 1.31. The molecule has 0 saturated carbocycles. The highest BCUT2D eigenvalue weighted by atomic mass is 16.5. The van der Waals surface area contributed by atoms with Gasteiger partial charge in [-0.15, -0.1) is 0 Å². The fourth-order valence-corrected chi connectivity index (χ4v) is 1.54. The lowest BCUT2D eigenvalue weighted by atomic mass is 10.1. The van der Waals surface area contributed by atoms with E-state index in [4.69, 9.17) is 9.47 Å². The van der Waals surface area contributed by atoms with E-state index in [1.807, 2.05) is 19.1 Å². The average molecular weight is 238 g/mol. The summed E-state index contributed by atoms with van der Waals surface area (Å²) in [6.45, 7) is 5.27. The molecule has 1 N–H and O–H groups in total. The first-order valence-corrected chi connectivity index (χ1v) is 6.23. The van der Waals surface area contributed by atoms with Crippen molar-refractivity contribution in [1.29, 1.82) is 0 Å². The molecule has 1 aromatic carbocycles. The average Bonchev–Trinajstić information content (AvgIpc) is 2.36. The molecule has 96 valence electrons. The van der Waals surface area contributed by atoms with Crippen LogP contribution in [0.2, 0.25) is 0 Å². The van der Waals surface area contributed by atoms with Crippen LogP contribution >= 0.6 is 0 Å². The third-order valence-corrected chi connectivity index (χ3v) is 2.42. The molecule has 1 atom stereocenters. The number of hydrogen-bond donors (Lipinski definition) is 1. The van der Waals surface area contributed by atoms with Crippen LogP contribution in [0.3, 0.4) is 0 Å². The highest BCUT2D eigenvalue weighted by Gasteiger charge is 2.04. The van der Waals surface area contributed by atoms with Crippen molar-refractivity contribution >= 4 is 0 Å². The lowest BCUT2D eigenvalue weighted by Crippen LogP contribution is -2.23. The molecule has 0 aliphatic heterocycles. The monoisotopic (exact) mass is 238 g/mol. The van der Waals surface area contributed by atoms with Crippen LogP contribution in [0.25, 0.3) is 0 Å². The first-order valence-electron chi connectivity index (χ1n) is 6.23. The molecule has 1 aromatic rings. The van der Waals surface area contributed by atoms with Gasteiger partial charge in [0.2, 0.25) is 0 Å². The summed E-state index contributed by atoms with van der Waals surface area (Å²) in [5, 5.41) is 9.53. The lowest BCUT2D eigenvalue weighted by molar-refractivity contribution is 0.0164. The number of aliphatic hydroxyl groups excluding tert-OH is 1. The van der Waals surface area contributed by atoms with Crippen LogP contribution in [0.15, 0.2) is 24.3 Å². The van der Waals surface area contributed by atoms with Gasteiger partial charge in [-0.1, -0.05) is 25.5 Å². The second-order valence-corrected chi connectivity index (χ2v) is 4.02. The molecule has 0 aromatic heterocycles. The molecule has 0 heterocycles. The molecule has 0 spiro atoms. The van der Waals surface area contributed by atoms with Gasteiger partial charge in [-0.05, 0) is 31.0 Å². The Kier molecular flexibility index (Phi) is 6.67. The van der Waals surface area contributed by atoms with E-state index in [1.54, 1.807) is 0 Å². The van der Waals surface area contributed by atoms with Crippen molar-refractivity contribution in [1.82, 2.24) is 0 Å². The van der Waals surface area contributed by atoms with Gasteiger partial charge in [0.05, 0.1) is 6.61 Å². The van der Waals surface area contributed by atoms with Crippen LogP contribution in [0.5, 0.6) is 5.75 Å². The molecule has 3 nitrogen and oxygen atoms in total. The zero-order valence-corrected chi connectivity index (χ0v) is 10.7. The fraction of sp³-hybridized carbons (Fsp3) is 0.571. The van der Waals surface area contributed by atoms with Crippen LogP contribution in [0, 0.1) is 0 Å². The van der Waals surface area contributed by atoms with Crippen molar-refractivity contribution in [2.75, 3.05) is 19.8 Å². The van der Waals surface area contributed by atoms with Gasteiger partial charge in [0.15, 0.2) is 0 Å². The highest BCUT2D eigenvalue weighted by molar-refractivity contribution is 5.27. The second kappa shape index (κ2) is 8.09. The van der Waals surface area contributed by atoms with Gasteiger partial charge in [0.1, 0.15) is 18.5 Å². The molecule has 0 amide bonds. The zero-order chi connectivity index (χ0) is 12.5. The van der Waals surface area contributed by atoms with Crippen molar-refractivity contribution in [2.45, 2.75) is 32.8 Å². The van der Waals surface area contributed by atoms with Crippen molar-refractivity contribution in [3.8, 4) is 5.75 Å². The topological polar surface area (TPSA) is 38.7 Å². The van der Waals surface area contributed by atoms with E-state index in [0.717, 1.165) is 18.6 Å². The van der Waals surface area contributed by atoms with E-state index in [2.05, 4.69) is 19.1 Å². The third-order valence-electron chi connectivity index (χ3n) is 2.42. The number of hydrogen-bond acceptors (Lipinski definition) is 3. The Bertz CT molecular complexity index is 295. The van der Waals surface area contributed by atoms with Crippen LogP contribution in [0.4, 0.5) is 0 Å². The maximum atomic E-state index is 9.53. The Morgan fingerprint density at radius 3 is 2.41 bits per heavy atom. The Hall–Kier alpha value is -1.06. The molecule has 1 rings (SSSR count). The minimum Gasteiger partial charge on any atom is -0.491 e. The van der Waals surface area contributed by atoms with Crippen LogP contribution in [0.1, 0.15) is 25.8 Å². The van der Waals surface area contributed by atoms with Gasteiger partial charge in [0, 0.05) is 6.61 Å². The van der Waals surface area contributed by atoms with Gasteiger partial charge in [-0.2, -0.15) is 0 Å². The van der Waals surface area contributed by atoms with Crippen molar-refractivity contribution in [3.05, 3.63) is 29.8 Å². The first-order chi connectivity index (χ1) is 8.26. The van der Waals surface area contributed by atoms with E-state index in [-0.39, 0.29) is 6.61 Å². The third kappa shape index (κ3) is 5.71. The molecule has 0 radical (unpaired) electrons. The van der Waals surface area contributed by atoms with Gasteiger partial charge < -0.3 is 14.6 Å². The van der Waals surface area contributed by atoms with Gasteiger partial charge in [0.25, 0.3) is 0 Å². The summed E-state index contributed by atoms with van der Waals surface area (Å²) >= 11 is 0. The van der Waals surface area contributed by atoms with E-state index in [1.165, 1.54) is 5.56 Å². The van der Waals surface area contributed by atoms with E-state index in [9.17, 15) is 5.11 Å². The highest BCUT2D eigenvalue weighted by Crippen LogP contribution is 2.13. The zero-order valence-electron chi connectivity index (χ0n) is 10.7. The summed E-state index contributed by atoms with van der Waals surface area (Å²) in [4.78, 5) is 0. The van der Waals surface area contributed by atoms with Crippen molar-refractivity contribution < 1.29 is 14.6 Å². The molecule has 17 heavy (non-hydrogen) atoms. The molecule has 0 bridgehead atoms. The van der Waals surface area contributed by atoms with Crippen LogP contribution < -0.4 is 4.74 Å². The number of aliphatic hydroxyl groups is 1. The van der Waals surface area contributed by atoms with Gasteiger partial charge >= 0.3 is 0 Å². The first kappa shape index (κ1) is 14.0. The molecule has 0 aliphatic carbocycles. The SMILES string of the molecule is CCCc1ccc(OCC(O)COCC)cc1. The minimum atomic E-state index is -0.565. The second-order valence-electron chi connectivity index (χ2n) is 4.02. The van der Waals surface area contributed by atoms with Gasteiger partial charge in [-0.3, -0.25) is 0 Å². The predicted molar refractivity (Wildman–Crippen MR) is 68.4 cm³/mol. The maximum absolute atomic E-state index is 9.53. The summed E-state index contributed by atoms with van der Waals surface area (Å²) in [6.07, 6.45) is 1.67. The molecule has 0 aliphatic rings. The van der Waals surface area contributed by atoms with Crippen molar-refractivity contribution in [2.24, 2.45) is 0 Å². The van der Waals surface area contributed by atoms with Crippen molar-refractivity contribution in [3.63, 3.8) is 0 Å². The van der Waals surface area contributed by atoms with E-state index >= 15 is 0 Å². The molecule has 0 saturated heterocycles. The normalized spacial score (nSPS) is 12.4. The molecular weight excluding hydrogens is 216 g/mol. The molecule has 1 unspecified atom stereocenters. The summed E-state index contributed by atoms with van der Waals surface area (Å²) in [7, 11) is 0. The Balaban J connectivity index is 2.31. The van der Waals surface area contributed by atoms with Crippen LogP contribution in [-0.2, 0) is 11.2 Å². The Labute approximate surface area is 103 Å². The fourth-order valence-electron chi connectivity index (χ4n) is 1.54. The molecule has 3 heteroatoms. The largest absolute Gasteiger partial charge is 0.491 e. The number of aryl methyl sites for hydroxylation is 1. The quantitative estimate of drug-likeness (QED) is 0.756. The maximum Gasteiger partial charge on any atom is 0.119 e. The number of rotatable bonds is 8. The Morgan fingerprint density at radius 2 is 1.82 bits per heavy atom. The summed E-state index contributed by atoms with van der Waals surface area (Å²) < 4.78 is 10.6. The minimum absolute atomic E-state index is 0.271. The number of ether oxygens (including phenoxy) is 2.